The fraction of sp³-hybridized carbons (Fsp3) is 0.154. The number of ether oxygens (including phenoxy) is 1. The summed E-state index contributed by atoms with van der Waals surface area (Å²) in [6.07, 6.45) is -3.76. The average Bonchev–Trinajstić information content (AvgIpc) is 3.48. The lowest BCUT2D eigenvalue weighted by molar-refractivity contribution is -0.142. The monoisotopic (exact) mass is 558 g/mol. The molecule has 200 valence electrons. The van der Waals surface area contributed by atoms with Crippen LogP contribution < -0.4 is 10.1 Å². The van der Waals surface area contributed by atoms with Crippen LogP contribution >= 0.6 is 11.6 Å². The fourth-order valence-electron chi connectivity index (χ4n) is 3.98. The number of alkyl halides is 3. The van der Waals surface area contributed by atoms with Crippen molar-refractivity contribution in [2.45, 2.75) is 19.6 Å². The molecule has 0 aliphatic heterocycles. The molecule has 0 saturated carbocycles. The summed E-state index contributed by atoms with van der Waals surface area (Å²) in [6, 6.07) is 13.0. The normalized spacial score (nSPS) is 11.7. The number of benzene rings is 2. The number of carbonyl (C=O) groups is 1. The van der Waals surface area contributed by atoms with Crippen LogP contribution in [0.15, 0.2) is 60.8 Å². The Balaban J connectivity index is 1.49. The molecule has 3 heterocycles. The molecule has 0 aliphatic rings. The van der Waals surface area contributed by atoms with Crippen LogP contribution in [0.4, 0.5) is 23.4 Å². The number of rotatable bonds is 6. The second-order valence-corrected chi connectivity index (χ2v) is 8.94. The van der Waals surface area contributed by atoms with Crippen LogP contribution in [0, 0.1) is 12.7 Å². The molecule has 0 bridgehead atoms. The van der Waals surface area contributed by atoms with Gasteiger partial charge in [-0.25, -0.2) is 13.9 Å². The lowest BCUT2D eigenvalue weighted by Gasteiger charge is -2.12. The first-order valence-corrected chi connectivity index (χ1v) is 11.8. The fourth-order valence-corrected chi connectivity index (χ4v) is 4.21. The maximum absolute atomic E-state index is 14.2. The third-order valence-electron chi connectivity index (χ3n) is 5.99. The Morgan fingerprint density at radius 2 is 1.87 bits per heavy atom. The van der Waals surface area contributed by atoms with Gasteiger partial charge in [0.2, 0.25) is 0 Å². The van der Waals surface area contributed by atoms with Crippen LogP contribution in [0.25, 0.3) is 16.9 Å². The lowest BCUT2D eigenvalue weighted by Crippen LogP contribution is -2.16. The highest BCUT2D eigenvalue weighted by Gasteiger charge is 2.36. The van der Waals surface area contributed by atoms with Gasteiger partial charge in [-0.1, -0.05) is 17.7 Å². The van der Waals surface area contributed by atoms with Crippen LogP contribution in [-0.4, -0.2) is 37.4 Å². The molecule has 3 aromatic heterocycles. The summed E-state index contributed by atoms with van der Waals surface area (Å²) in [5.74, 6) is -0.654. The summed E-state index contributed by atoms with van der Waals surface area (Å²) >= 11 is 6.11. The van der Waals surface area contributed by atoms with E-state index >= 15 is 0 Å². The Kier molecular flexibility index (Phi) is 6.73. The maximum atomic E-state index is 14.2. The molecule has 0 aliphatic carbocycles. The van der Waals surface area contributed by atoms with E-state index in [1.165, 1.54) is 30.0 Å². The Morgan fingerprint density at radius 3 is 2.54 bits per heavy atom. The quantitative estimate of drug-likeness (QED) is 0.258. The maximum Gasteiger partial charge on any atom is 0.433 e. The largest absolute Gasteiger partial charge is 0.497 e. The van der Waals surface area contributed by atoms with E-state index < -0.39 is 23.6 Å². The van der Waals surface area contributed by atoms with E-state index in [9.17, 15) is 22.4 Å². The number of amides is 1. The highest BCUT2D eigenvalue weighted by Crippen LogP contribution is 2.33. The molecule has 13 heteroatoms. The zero-order valence-corrected chi connectivity index (χ0v) is 21.2. The number of carbonyl (C=O) groups excluding carboxylic acids is 1. The topological polar surface area (TPSA) is 86.3 Å². The molecular weight excluding hydrogens is 540 g/mol. The summed E-state index contributed by atoms with van der Waals surface area (Å²) in [7, 11) is 1.47. The number of halogens is 5. The van der Waals surface area contributed by atoms with Gasteiger partial charge in [-0.2, -0.15) is 23.4 Å². The smallest absolute Gasteiger partial charge is 0.433 e. The van der Waals surface area contributed by atoms with Crippen LogP contribution in [0.3, 0.4) is 0 Å². The molecule has 1 amide bonds. The predicted octanol–water partition coefficient (Wildman–Crippen LogP) is 6.02. The number of nitrogens with one attached hydrogen (secondary N) is 1. The summed E-state index contributed by atoms with van der Waals surface area (Å²) in [5, 5.41) is 10.8. The van der Waals surface area contributed by atoms with E-state index in [0.717, 1.165) is 12.3 Å². The first-order chi connectivity index (χ1) is 18.5. The molecule has 0 saturated heterocycles. The molecule has 0 spiro atoms. The molecule has 1 N–H and O–H groups in total. The van der Waals surface area contributed by atoms with Gasteiger partial charge in [0.05, 0.1) is 25.5 Å². The van der Waals surface area contributed by atoms with E-state index in [0.29, 0.717) is 21.5 Å². The van der Waals surface area contributed by atoms with Crippen molar-refractivity contribution in [1.29, 1.82) is 0 Å². The van der Waals surface area contributed by atoms with Crippen molar-refractivity contribution in [3.05, 3.63) is 94.1 Å². The molecule has 0 atom stereocenters. The van der Waals surface area contributed by atoms with Gasteiger partial charge in [-0.15, -0.1) is 0 Å². The van der Waals surface area contributed by atoms with Crippen LogP contribution in [-0.2, 0) is 12.7 Å². The highest BCUT2D eigenvalue weighted by atomic mass is 35.5. The van der Waals surface area contributed by atoms with Crippen LogP contribution in [0.1, 0.15) is 27.3 Å². The van der Waals surface area contributed by atoms with Gasteiger partial charge in [-0.3, -0.25) is 9.48 Å². The number of fused-ring (bicyclic) bond motifs is 1. The number of hydrogen-bond acceptors (Lipinski definition) is 5. The minimum Gasteiger partial charge on any atom is -0.497 e. The minimum absolute atomic E-state index is 0.00560. The van der Waals surface area contributed by atoms with Gasteiger partial charge < -0.3 is 10.1 Å². The molecule has 5 aromatic rings. The Labute approximate surface area is 223 Å². The highest BCUT2D eigenvalue weighted by molar-refractivity contribution is 6.31. The van der Waals surface area contributed by atoms with Crippen molar-refractivity contribution in [2.24, 2.45) is 0 Å². The number of aryl methyl sites for hydroxylation is 1. The van der Waals surface area contributed by atoms with Crippen LogP contribution in [0.2, 0.25) is 5.02 Å². The van der Waals surface area contributed by atoms with Gasteiger partial charge in [-0.05, 0) is 49.4 Å². The number of anilines is 1. The number of hydrogen-bond donors (Lipinski definition) is 1. The second-order valence-electron chi connectivity index (χ2n) is 8.53. The molecule has 0 unspecified atom stereocenters. The first-order valence-electron chi connectivity index (χ1n) is 11.4. The first kappa shape index (κ1) is 26.2. The predicted molar refractivity (Wildman–Crippen MR) is 135 cm³/mol. The number of nitrogens with zero attached hydrogens (tertiary/aromatic N) is 5. The zero-order valence-electron chi connectivity index (χ0n) is 20.4. The van der Waals surface area contributed by atoms with Crippen molar-refractivity contribution >= 4 is 29.0 Å². The van der Waals surface area contributed by atoms with Crippen molar-refractivity contribution in [3.63, 3.8) is 0 Å². The third-order valence-corrected chi connectivity index (χ3v) is 6.34. The molecule has 5 rings (SSSR count). The summed E-state index contributed by atoms with van der Waals surface area (Å²) in [5.41, 5.74) is -0.391. The SMILES string of the molecule is COc1ccc(-c2cc(C(F)(F)F)n3ncc(C(=O)Nc4cc(C)n(Cc5c(F)cccc5Cl)n4)c3n2)cc1. The molecule has 2 aromatic carbocycles. The van der Waals surface area contributed by atoms with E-state index in [2.05, 4.69) is 20.5 Å². The average molecular weight is 559 g/mol. The molecular formula is C26H19ClF4N6O2. The Hall–Kier alpha value is -4.45. The van der Waals surface area contributed by atoms with Crippen molar-refractivity contribution in [3.8, 4) is 17.0 Å². The second kappa shape index (κ2) is 10.0. The van der Waals surface area contributed by atoms with E-state index in [4.69, 9.17) is 16.3 Å². The molecule has 0 radical (unpaired) electrons. The molecule has 39 heavy (non-hydrogen) atoms. The lowest BCUT2D eigenvalue weighted by atomic mass is 10.1. The third kappa shape index (κ3) is 5.15. The van der Waals surface area contributed by atoms with Gasteiger partial charge >= 0.3 is 6.18 Å². The Morgan fingerprint density at radius 1 is 1.13 bits per heavy atom. The van der Waals surface area contributed by atoms with Crippen molar-refractivity contribution in [1.82, 2.24) is 24.4 Å². The standard InChI is InChI=1S/C26H19ClF4N6O2/c1-14-10-23(35-36(14)13-18-19(27)4-3-5-20(18)28)34-25(38)17-12-32-37-22(26(29,30)31)11-21(33-24(17)37)15-6-8-16(39-2)9-7-15/h3-12H,13H2,1-2H3,(H,34,35,38). The Bertz CT molecular complexity index is 1680. The summed E-state index contributed by atoms with van der Waals surface area (Å²) in [4.78, 5) is 17.4. The minimum atomic E-state index is -4.77. The summed E-state index contributed by atoms with van der Waals surface area (Å²) in [6.45, 7) is 1.71. The zero-order chi connectivity index (χ0) is 27.9. The van der Waals surface area contributed by atoms with E-state index in [1.54, 1.807) is 37.3 Å². The van der Waals surface area contributed by atoms with Gasteiger partial charge in [0, 0.05) is 27.9 Å². The molecule has 0 fully saturated rings. The van der Waals surface area contributed by atoms with E-state index in [-0.39, 0.29) is 39.9 Å². The van der Waals surface area contributed by atoms with E-state index in [1.807, 2.05) is 0 Å². The molecule has 8 nitrogen and oxygen atoms in total. The van der Waals surface area contributed by atoms with Crippen molar-refractivity contribution < 1.29 is 27.1 Å². The van der Waals surface area contributed by atoms with Gasteiger partial charge in [0.1, 0.15) is 17.1 Å². The van der Waals surface area contributed by atoms with Crippen LogP contribution in [0.5, 0.6) is 5.75 Å². The number of aromatic nitrogens is 5. The summed E-state index contributed by atoms with van der Waals surface area (Å²) < 4.78 is 63.1. The van der Waals surface area contributed by atoms with Gasteiger partial charge in [0.15, 0.2) is 17.2 Å². The van der Waals surface area contributed by atoms with Crippen molar-refractivity contribution in [2.75, 3.05) is 12.4 Å². The number of methoxy groups -OCH3 is 1. The van der Waals surface area contributed by atoms with Gasteiger partial charge in [0.25, 0.3) is 5.91 Å².